The Labute approximate surface area is 141 Å². The van der Waals surface area contributed by atoms with Gasteiger partial charge in [-0.3, -0.25) is 0 Å². The van der Waals surface area contributed by atoms with Crippen molar-refractivity contribution < 1.29 is 19.1 Å². The van der Waals surface area contributed by atoms with Crippen LogP contribution in [0, 0.1) is 0 Å². The normalized spacial score (nSPS) is 11.2. The number of hydrogen-bond donors (Lipinski definition) is 3. The van der Waals surface area contributed by atoms with Crippen LogP contribution in [0.4, 0.5) is 10.5 Å². The molecule has 1 aromatic heterocycles. The van der Waals surface area contributed by atoms with Crippen LogP contribution in [-0.2, 0) is 24.4 Å². The van der Waals surface area contributed by atoms with Crippen LogP contribution in [0.15, 0.2) is 40.8 Å². The highest BCUT2D eigenvalue weighted by atomic mass is 16.6. The third-order valence-corrected chi connectivity index (χ3v) is 3.17. The van der Waals surface area contributed by atoms with E-state index in [2.05, 4.69) is 10.6 Å². The van der Waals surface area contributed by atoms with Crippen LogP contribution < -0.4 is 10.6 Å². The Kier molecular flexibility index (Phi) is 5.87. The second-order valence-electron chi connectivity index (χ2n) is 6.39. The lowest BCUT2D eigenvalue weighted by atomic mass is 10.1. The lowest BCUT2D eigenvalue weighted by molar-refractivity contribution is 0.0523. The number of para-hydroxylation sites is 1. The van der Waals surface area contributed by atoms with Gasteiger partial charge in [-0.1, -0.05) is 18.2 Å². The van der Waals surface area contributed by atoms with Gasteiger partial charge in [0.05, 0.1) is 6.54 Å². The highest BCUT2D eigenvalue weighted by Crippen LogP contribution is 2.17. The molecule has 1 amide bonds. The Morgan fingerprint density at radius 2 is 1.83 bits per heavy atom. The first-order chi connectivity index (χ1) is 11.4. The first kappa shape index (κ1) is 17.9. The zero-order valence-electron chi connectivity index (χ0n) is 14.3. The van der Waals surface area contributed by atoms with Crippen molar-refractivity contribution in [2.75, 3.05) is 5.32 Å². The molecule has 24 heavy (non-hydrogen) atoms. The van der Waals surface area contributed by atoms with Gasteiger partial charge >= 0.3 is 6.09 Å². The molecule has 0 aliphatic carbocycles. The van der Waals surface area contributed by atoms with Crippen molar-refractivity contribution in [2.24, 2.45) is 0 Å². The topological polar surface area (TPSA) is 83.7 Å². The number of carbonyl (C=O) groups excluding carboxylic acids is 1. The van der Waals surface area contributed by atoms with Crippen molar-refractivity contribution in [2.45, 2.75) is 46.1 Å². The van der Waals surface area contributed by atoms with Crippen LogP contribution in [0.1, 0.15) is 37.9 Å². The van der Waals surface area contributed by atoms with Crippen molar-refractivity contribution in [1.82, 2.24) is 5.32 Å². The summed E-state index contributed by atoms with van der Waals surface area (Å²) in [6.07, 6.45) is -0.448. The number of aliphatic hydroxyl groups is 1. The second-order valence-corrected chi connectivity index (χ2v) is 6.39. The van der Waals surface area contributed by atoms with Gasteiger partial charge in [0.1, 0.15) is 23.7 Å². The lowest BCUT2D eigenvalue weighted by Crippen LogP contribution is -2.32. The Morgan fingerprint density at radius 1 is 1.12 bits per heavy atom. The van der Waals surface area contributed by atoms with E-state index in [-0.39, 0.29) is 6.61 Å². The molecular formula is C18H24N2O4. The zero-order chi connectivity index (χ0) is 17.6. The number of anilines is 1. The van der Waals surface area contributed by atoms with Crippen molar-refractivity contribution in [3.63, 3.8) is 0 Å². The fourth-order valence-electron chi connectivity index (χ4n) is 2.11. The van der Waals surface area contributed by atoms with Crippen LogP contribution in [0.25, 0.3) is 0 Å². The molecule has 6 heteroatoms. The van der Waals surface area contributed by atoms with E-state index in [1.165, 1.54) is 0 Å². The van der Waals surface area contributed by atoms with Crippen molar-refractivity contribution in [3.05, 3.63) is 53.5 Å². The smallest absolute Gasteiger partial charge is 0.407 e. The molecule has 2 aromatic rings. The fourth-order valence-corrected chi connectivity index (χ4v) is 2.11. The van der Waals surface area contributed by atoms with Gasteiger partial charge in [0.15, 0.2) is 0 Å². The van der Waals surface area contributed by atoms with Crippen LogP contribution in [0.3, 0.4) is 0 Å². The molecule has 1 heterocycles. The van der Waals surface area contributed by atoms with Gasteiger partial charge in [-0.25, -0.2) is 4.79 Å². The summed E-state index contributed by atoms with van der Waals surface area (Å²) < 4.78 is 10.7. The number of hydrogen-bond acceptors (Lipinski definition) is 5. The maximum atomic E-state index is 11.8. The largest absolute Gasteiger partial charge is 0.462 e. The molecule has 0 aliphatic heterocycles. The van der Waals surface area contributed by atoms with Crippen LogP contribution in [-0.4, -0.2) is 16.8 Å². The molecule has 0 spiro atoms. The predicted octanol–water partition coefficient (Wildman–Crippen LogP) is 3.41. The molecule has 0 bridgehead atoms. The highest BCUT2D eigenvalue weighted by molar-refractivity contribution is 5.68. The van der Waals surface area contributed by atoms with E-state index in [4.69, 9.17) is 14.3 Å². The molecular weight excluding hydrogens is 308 g/mol. The van der Waals surface area contributed by atoms with E-state index in [1.807, 2.05) is 51.1 Å². The molecule has 130 valence electrons. The summed E-state index contributed by atoms with van der Waals surface area (Å²) in [7, 11) is 0. The third kappa shape index (κ3) is 5.62. The molecule has 2 rings (SSSR count). The second kappa shape index (κ2) is 7.88. The standard InChI is InChI=1S/C18H24N2O4/c1-18(2,3)24-17(22)20-10-13-6-4-5-7-16(13)19-11-14-8-9-15(12-21)23-14/h4-9,19,21H,10-12H2,1-3H3,(H,20,22). The van der Waals surface area contributed by atoms with E-state index in [0.717, 1.165) is 17.0 Å². The highest BCUT2D eigenvalue weighted by Gasteiger charge is 2.16. The minimum Gasteiger partial charge on any atom is -0.462 e. The monoisotopic (exact) mass is 332 g/mol. The molecule has 0 unspecified atom stereocenters. The Bertz CT molecular complexity index is 674. The molecule has 0 saturated heterocycles. The zero-order valence-corrected chi connectivity index (χ0v) is 14.3. The summed E-state index contributed by atoms with van der Waals surface area (Å²) >= 11 is 0. The van der Waals surface area contributed by atoms with Gasteiger partial charge in [-0.2, -0.15) is 0 Å². The number of nitrogens with one attached hydrogen (secondary N) is 2. The molecule has 3 N–H and O–H groups in total. The molecule has 6 nitrogen and oxygen atoms in total. The minimum absolute atomic E-state index is 0.115. The van der Waals surface area contributed by atoms with Crippen LogP contribution in [0.5, 0.6) is 0 Å². The van der Waals surface area contributed by atoms with Crippen molar-refractivity contribution in [1.29, 1.82) is 0 Å². The SMILES string of the molecule is CC(C)(C)OC(=O)NCc1ccccc1NCc1ccc(CO)o1. The van der Waals surface area contributed by atoms with Gasteiger partial charge in [-0.05, 0) is 44.5 Å². The van der Waals surface area contributed by atoms with Gasteiger partial charge < -0.3 is 24.9 Å². The number of amides is 1. The Hall–Kier alpha value is -2.47. The first-order valence-corrected chi connectivity index (χ1v) is 7.84. The van der Waals surface area contributed by atoms with Crippen molar-refractivity contribution in [3.8, 4) is 0 Å². The molecule has 0 saturated carbocycles. The number of carbonyl (C=O) groups is 1. The van der Waals surface area contributed by atoms with Gasteiger partial charge in [0.2, 0.25) is 0 Å². The van der Waals surface area contributed by atoms with E-state index in [0.29, 0.717) is 18.8 Å². The number of aliphatic hydroxyl groups excluding tert-OH is 1. The van der Waals surface area contributed by atoms with Gasteiger partial charge in [0, 0.05) is 12.2 Å². The van der Waals surface area contributed by atoms with E-state index in [9.17, 15) is 4.79 Å². The van der Waals surface area contributed by atoms with E-state index < -0.39 is 11.7 Å². The summed E-state index contributed by atoms with van der Waals surface area (Å²) in [5.74, 6) is 1.26. The summed E-state index contributed by atoms with van der Waals surface area (Å²) in [5, 5.41) is 15.0. The number of benzene rings is 1. The van der Waals surface area contributed by atoms with Gasteiger partial charge in [0.25, 0.3) is 0 Å². The Morgan fingerprint density at radius 3 is 2.50 bits per heavy atom. The molecule has 1 aromatic carbocycles. The van der Waals surface area contributed by atoms with Crippen LogP contribution >= 0.6 is 0 Å². The molecule has 0 atom stereocenters. The van der Waals surface area contributed by atoms with Crippen molar-refractivity contribution >= 4 is 11.8 Å². The Balaban J connectivity index is 1.93. The predicted molar refractivity (Wildman–Crippen MR) is 91.5 cm³/mol. The lowest BCUT2D eigenvalue weighted by Gasteiger charge is -2.20. The fraction of sp³-hybridized carbons (Fsp3) is 0.389. The summed E-state index contributed by atoms with van der Waals surface area (Å²) in [4.78, 5) is 11.8. The third-order valence-electron chi connectivity index (χ3n) is 3.17. The quantitative estimate of drug-likeness (QED) is 0.755. The minimum atomic E-state index is -0.522. The summed E-state index contributed by atoms with van der Waals surface area (Å²) in [5.41, 5.74) is 1.32. The maximum absolute atomic E-state index is 11.8. The van der Waals surface area contributed by atoms with E-state index >= 15 is 0 Å². The van der Waals surface area contributed by atoms with E-state index in [1.54, 1.807) is 6.07 Å². The van der Waals surface area contributed by atoms with Gasteiger partial charge in [-0.15, -0.1) is 0 Å². The molecule has 0 aliphatic rings. The first-order valence-electron chi connectivity index (χ1n) is 7.84. The molecule has 0 radical (unpaired) electrons. The summed E-state index contributed by atoms with van der Waals surface area (Å²) in [6, 6.07) is 11.3. The summed E-state index contributed by atoms with van der Waals surface area (Å²) in [6.45, 7) is 6.21. The average Bonchev–Trinajstić information content (AvgIpc) is 2.98. The van der Waals surface area contributed by atoms with Crippen LogP contribution in [0.2, 0.25) is 0 Å². The number of alkyl carbamates (subject to hydrolysis) is 1. The number of ether oxygens (including phenoxy) is 1. The maximum Gasteiger partial charge on any atom is 0.407 e. The number of furan rings is 1. The number of rotatable bonds is 6. The average molecular weight is 332 g/mol. The molecule has 0 fully saturated rings.